The first kappa shape index (κ1) is 30.1. The Labute approximate surface area is 209 Å². The molecule has 1 aliphatic carbocycles. The van der Waals surface area contributed by atoms with Crippen LogP contribution in [-0.2, 0) is 73.2 Å². The zero-order valence-corrected chi connectivity index (χ0v) is 22.1. The van der Waals surface area contributed by atoms with Gasteiger partial charge in [-0.2, -0.15) is 5.26 Å². The van der Waals surface area contributed by atoms with Crippen LogP contribution in [0.4, 0.5) is 0 Å². The van der Waals surface area contributed by atoms with Gasteiger partial charge in [0, 0.05) is 59.3 Å². The predicted octanol–water partition coefficient (Wildman–Crippen LogP) is 2.38. The third-order valence-corrected chi connectivity index (χ3v) is 3.98. The zero-order valence-electron chi connectivity index (χ0n) is 16.3. The minimum Gasteiger partial charge on any atom is -0.794 e. The number of ether oxygens (including phenoxy) is 1. The molecule has 1 aromatic heterocycles. The Morgan fingerprint density at radius 2 is 1.83 bits per heavy atom. The topological polar surface area (TPSA) is 140 Å². The number of benzene rings is 1. The normalized spacial score (nSPS) is 12.5. The van der Waals surface area contributed by atoms with Crippen molar-refractivity contribution in [2.75, 3.05) is 6.79 Å². The maximum Gasteiger partial charge on any atom is 0.186 e. The molecule has 0 amide bonds. The van der Waals surface area contributed by atoms with Crippen molar-refractivity contribution in [2.45, 2.75) is 33.3 Å². The van der Waals surface area contributed by atoms with Crippen molar-refractivity contribution in [3.05, 3.63) is 64.0 Å². The smallest absolute Gasteiger partial charge is 0.186 e. The van der Waals surface area contributed by atoms with Crippen LogP contribution in [0.5, 0.6) is 5.75 Å². The molecule has 7 nitrogen and oxygen atoms in total. The molecule has 0 aliphatic heterocycles. The summed E-state index contributed by atoms with van der Waals surface area (Å²) in [5.41, 5.74) is 2.87. The molecule has 29 heavy (non-hydrogen) atoms. The fourth-order valence-electron chi connectivity index (χ4n) is 2.91. The molecule has 0 spiro atoms. The number of nitrogens with zero attached hydrogens (tertiary/aromatic N) is 2. The second-order valence-corrected chi connectivity index (χ2v) is 5.42. The van der Waals surface area contributed by atoms with Crippen molar-refractivity contribution < 1.29 is 78.6 Å². The number of fused-ring (bicyclic) bond motifs is 1. The summed E-state index contributed by atoms with van der Waals surface area (Å²) in [6, 6.07) is 10.5. The van der Waals surface area contributed by atoms with Crippen molar-refractivity contribution >= 4 is 11.3 Å². The molecule has 0 saturated heterocycles. The number of aliphatic hydroxyl groups excluding tert-OH is 2. The fraction of sp³-hybridized carbons (Fsp3) is 0.300. The molecule has 1 aromatic carbocycles. The second kappa shape index (κ2) is 14.8. The minimum atomic E-state index is -0.413. The molecule has 1 aliphatic rings. The summed E-state index contributed by atoms with van der Waals surface area (Å²) in [5, 5.41) is 37.1. The molecule has 153 valence electrons. The first-order chi connectivity index (χ1) is 12.7. The molecular weight excluding hydrogens is 621 g/mol. The molecule has 2 aromatic rings. The van der Waals surface area contributed by atoms with E-state index in [1.807, 2.05) is 26.0 Å². The Bertz CT molecular complexity index is 874. The van der Waals surface area contributed by atoms with Gasteiger partial charge in [-0.25, -0.2) is 0 Å². The molecule has 1 radical (unpaired) electrons. The summed E-state index contributed by atoms with van der Waals surface area (Å²) in [5.74, 6) is 1.28. The van der Waals surface area contributed by atoms with Gasteiger partial charge in [0.15, 0.2) is 6.79 Å². The Morgan fingerprint density at radius 3 is 2.38 bits per heavy atom. The Balaban J connectivity index is 0. The summed E-state index contributed by atoms with van der Waals surface area (Å²) in [4.78, 5) is 0. The molecule has 1 heterocycles. The van der Waals surface area contributed by atoms with Crippen LogP contribution in [0.15, 0.2) is 40.3 Å². The van der Waals surface area contributed by atoms with Crippen molar-refractivity contribution in [2.24, 2.45) is 0 Å². The van der Waals surface area contributed by atoms with Crippen molar-refractivity contribution in [1.82, 2.24) is 0 Å². The molecule has 3 rings (SSSR count). The van der Waals surface area contributed by atoms with Crippen LogP contribution >= 0.6 is 0 Å². The molecule has 0 atom stereocenters. The first-order valence-electron chi connectivity index (χ1n) is 8.40. The number of allylic oxidation sites excluding steroid dienone is 2. The number of hydrogen-bond acceptors (Lipinski definition) is 5. The van der Waals surface area contributed by atoms with Gasteiger partial charge in [0.05, 0.1) is 6.07 Å². The quantitative estimate of drug-likeness (QED) is 0.380. The molecular formula is C20H23N2O5WY-. The van der Waals surface area contributed by atoms with Gasteiger partial charge in [-0.15, -0.1) is 0 Å². The number of rotatable bonds is 5. The van der Waals surface area contributed by atoms with E-state index in [2.05, 4.69) is 0 Å². The van der Waals surface area contributed by atoms with Gasteiger partial charge in [-0.3, -0.25) is 0 Å². The maximum absolute atomic E-state index is 10.0. The molecule has 4 N–H and O–H groups in total. The van der Waals surface area contributed by atoms with Gasteiger partial charge in [-0.05, 0) is 48.2 Å². The number of hydrogen-bond donors (Lipinski definition) is 2. The summed E-state index contributed by atoms with van der Waals surface area (Å²) < 4.78 is 10.6. The fourth-order valence-corrected chi connectivity index (χ4v) is 2.91. The van der Waals surface area contributed by atoms with Crippen LogP contribution in [0.3, 0.4) is 0 Å². The van der Waals surface area contributed by atoms with Crippen molar-refractivity contribution in [3.63, 3.8) is 0 Å². The SMILES string of the molecule is CC.N#CC(=[N-])/C(=C1\Cc2ccc(OCO)cc2C1)c1ccc(CO)o1.O.[W].[Y]. The van der Waals surface area contributed by atoms with Crippen LogP contribution in [0, 0.1) is 11.3 Å². The standard InChI is InChI=1S/C18H15N2O4.C2H6.H2O.W.Y/c19-8-16(20)18(17-4-3-15(9-21)24-17)13-5-11-1-2-14(23-10-22)7-12(11)6-13;1-2;;;/h1-4,7,21-22H,5-6,9-10H2;1-2H3;1H2;;/q-1;;;;/b18-13-;;;;. The van der Waals surface area contributed by atoms with Gasteiger partial charge in [0.2, 0.25) is 0 Å². The third kappa shape index (κ3) is 7.25. The molecule has 0 bridgehead atoms. The number of nitriles is 1. The van der Waals surface area contributed by atoms with E-state index in [0.717, 1.165) is 16.7 Å². The van der Waals surface area contributed by atoms with E-state index in [1.54, 1.807) is 24.3 Å². The Kier molecular flexibility index (Phi) is 15.3. The van der Waals surface area contributed by atoms with Crippen LogP contribution in [0.1, 0.15) is 36.5 Å². The molecule has 9 heteroatoms. The summed E-state index contributed by atoms with van der Waals surface area (Å²) >= 11 is 0. The van der Waals surface area contributed by atoms with Gasteiger partial charge in [0.25, 0.3) is 0 Å². The van der Waals surface area contributed by atoms with Crippen molar-refractivity contribution in [1.29, 1.82) is 5.26 Å². The molecule has 0 fully saturated rings. The van der Waals surface area contributed by atoms with E-state index in [1.165, 1.54) is 0 Å². The van der Waals surface area contributed by atoms with Gasteiger partial charge in [-0.1, -0.05) is 31.2 Å². The van der Waals surface area contributed by atoms with Gasteiger partial charge in [0.1, 0.15) is 23.9 Å². The minimum absolute atomic E-state index is 0. The van der Waals surface area contributed by atoms with E-state index in [-0.39, 0.29) is 65.9 Å². The van der Waals surface area contributed by atoms with Crippen LogP contribution in [-0.4, -0.2) is 28.2 Å². The van der Waals surface area contributed by atoms with Crippen LogP contribution in [0.2, 0.25) is 0 Å². The van der Waals surface area contributed by atoms with E-state index in [4.69, 9.17) is 24.6 Å². The first-order valence-corrected chi connectivity index (χ1v) is 8.40. The average Bonchev–Trinajstić information content (AvgIpc) is 3.30. The molecule has 0 unspecified atom stereocenters. The Morgan fingerprint density at radius 1 is 1.17 bits per heavy atom. The predicted molar refractivity (Wildman–Crippen MR) is 102 cm³/mol. The summed E-state index contributed by atoms with van der Waals surface area (Å²) in [7, 11) is 0. The average molecular weight is 644 g/mol. The monoisotopic (exact) mass is 644 g/mol. The Hall–Kier alpha value is -1.13. The van der Waals surface area contributed by atoms with E-state index in [9.17, 15) is 5.41 Å². The second-order valence-electron chi connectivity index (χ2n) is 5.42. The van der Waals surface area contributed by atoms with Crippen LogP contribution in [0.25, 0.3) is 11.0 Å². The number of aliphatic hydroxyl groups is 2. The third-order valence-electron chi connectivity index (χ3n) is 3.98. The largest absolute Gasteiger partial charge is 0.794 e. The number of furan rings is 1. The summed E-state index contributed by atoms with van der Waals surface area (Å²) in [6.07, 6.45) is 1.11. The maximum atomic E-state index is 10.0. The van der Waals surface area contributed by atoms with Gasteiger partial charge < -0.3 is 30.3 Å². The van der Waals surface area contributed by atoms with E-state index < -0.39 is 12.5 Å². The van der Waals surface area contributed by atoms with E-state index in [0.29, 0.717) is 35.7 Å². The molecule has 0 saturated carbocycles. The zero-order chi connectivity index (χ0) is 19.1. The summed E-state index contributed by atoms with van der Waals surface area (Å²) in [6.45, 7) is 3.35. The van der Waals surface area contributed by atoms with Crippen molar-refractivity contribution in [3.8, 4) is 11.8 Å². The van der Waals surface area contributed by atoms with E-state index >= 15 is 0 Å². The van der Waals surface area contributed by atoms with Crippen LogP contribution < -0.4 is 4.74 Å². The van der Waals surface area contributed by atoms with Gasteiger partial charge >= 0.3 is 0 Å².